The van der Waals surface area contributed by atoms with Crippen molar-refractivity contribution in [3.8, 4) is 5.69 Å². The van der Waals surface area contributed by atoms with E-state index >= 15 is 0 Å². The summed E-state index contributed by atoms with van der Waals surface area (Å²) in [7, 11) is 0. The lowest BCUT2D eigenvalue weighted by Gasteiger charge is -2.20. The molecule has 0 saturated heterocycles. The molecule has 3 aromatic rings. The predicted molar refractivity (Wildman–Crippen MR) is 84.5 cm³/mol. The summed E-state index contributed by atoms with van der Waals surface area (Å²) in [6.07, 6.45) is 4.55. The zero-order chi connectivity index (χ0) is 14.5. The fourth-order valence-corrected chi connectivity index (χ4v) is 2.43. The second kappa shape index (κ2) is 6.22. The smallest absolute Gasteiger partial charge is 0.0894 e. The van der Waals surface area contributed by atoms with E-state index in [0.29, 0.717) is 0 Å². The molecule has 1 heterocycles. The highest BCUT2D eigenvalue weighted by Gasteiger charge is 2.11. The van der Waals surface area contributed by atoms with Crippen LogP contribution in [0, 0.1) is 0 Å². The maximum atomic E-state index is 4.08. The van der Waals surface area contributed by atoms with Crippen LogP contribution in [0.2, 0.25) is 0 Å². The molecule has 0 fully saturated rings. The lowest BCUT2D eigenvalue weighted by molar-refractivity contribution is 0.742. The van der Waals surface area contributed by atoms with Crippen molar-refractivity contribution >= 4 is 5.69 Å². The highest BCUT2D eigenvalue weighted by atomic mass is 15.4. The van der Waals surface area contributed by atoms with E-state index in [1.165, 1.54) is 5.56 Å². The van der Waals surface area contributed by atoms with Gasteiger partial charge in [0.2, 0.25) is 0 Å². The topological polar surface area (TPSA) is 42.7 Å². The summed E-state index contributed by atoms with van der Waals surface area (Å²) in [6, 6.07) is 18.9. The molecule has 0 aliphatic carbocycles. The first-order valence-corrected chi connectivity index (χ1v) is 7.15. The highest BCUT2D eigenvalue weighted by Crippen LogP contribution is 2.26. The molecule has 0 radical (unpaired) electrons. The van der Waals surface area contributed by atoms with Gasteiger partial charge in [0.15, 0.2) is 0 Å². The number of aromatic nitrogens is 3. The summed E-state index contributed by atoms with van der Waals surface area (Å²) in [6.45, 7) is 2.18. The van der Waals surface area contributed by atoms with E-state index in [0.717, 1.165) is 17.8 Å². The van der Waals surface area contributed by atoms with Crippen molar-refractivity contribution in [2.45, 2.75) is 19.4 Å². The lowest BCUT2D eigenvalue weighted by Crippen LogP contribution is -2.12. The number of hydrogen-bond acceptors (Lipinski definition) is 3. The molecule has 2 aromatic carbocycles. The standard InChI is InChI=1S/C17H18N4/c1-2-15(14-8-4-3-5-9-14)19-16-10-6-7-11-17(16)21-13-12-18-20-21/h3-13,15,19H,2H2,1H3. The Balaban J connectivity index is 1.91. The molecule has 1 unspecified atom stereocenters. The number of nitrogens with zero attached hydrogens (tertiary/aromatic N) is 3. The average molecular weight is 278 g/mol. The molecule has 4 nitrogen and oxygen atoms in total. The van der Waals surface area contributed by atoms with E-state index < -0.39 is 0 Å². The minimum Gasteiger partial charge on any atom is -0.377 e. The van der Waals surface area contributed by atoms with Crippen molar-refractivity contribution < 1.29 is 0 Å². The second-order valence-electron chi connectivity index (χ2n) is 4.88. The van der Waals surface area contributed by atoms with Gasteiger partial charge in [0.1, 0.15) is 0 Å². The molecule has 0 aliphatic heterocycles. The molecule has 0 spiro atoms. The molecule has 0 amide bonds. The van der Waals surface area contributed by atoms with E-state index in [1.807, 2.05) is 30.5 Å². The minimum atomic E-state index is 0.274. The Labute approximate surface area is 124 Å². The van der Waals surface area contributed by atoms with E-state index in [2.05, 4.69) is 52.9 Å². The predicted octanol–water partition coefficient (Wildman–Crippen LogP) is 3.83. The first-order valence-electron chi connectivity index (χ1n) is 7.15. The van der Waals surface area contributed by atoms with Crippen LogP contribution < -0.4 is 5.32 Å². The van der Waals surface area contributed by atoms with Gasteiger partial charge in [-0.25, -0.2) is 4.68 Å². The quantitative estimate of drug-likeness (QED) is 0.771. The molecule has 0 bridgehead atoms. The summed E-state index contributed by atoms with van der Waals surface area (Å²) < 4.78 is 1.78. The SMILES string of the molecule is CCC(Nc1ccccc1-n1ccnn1)c1ccccc1. The van der Waals surface area contributed by atoms with Crippen LogP contribution >= 0.6 is 0 Å². The van der Waals surface area contributed by atoms with E-state index in [1.54, 1.807) is 10.9 Å². The third-order valence-electron chi connectivity index (χ3n) is 3.51. The molecule has 1 atom stereocenters. The number of rotatable bonds is 5. The van der Waals surface area contributed by atoms with E-state index in [4.69, 9.17) is 0 Å². The Bertz CT molecular complexity index is 677. The van der Waals surface area contributed by atoms with Crippen LogP contribution in [0.25, 0.3) is 5.69 Å². The summed E-state index contributed by atoms with van der Waals surface area (Å²) in [5, 5.41) is 11.6. The maximum Gasteiger partial charge on any atom is 0.0894 e. The Morgan fingerprint density at radius 1 is 1.05 bits per heavy atom. The average Bonchev–Trinajstić information content (AvgIpc) is 3.08. The van der Waals surface area contributed by atoms with Gasteiger partial charge in [-0.15, -0.1) is 5.10 Å². The number of para-hydroxylation sites is 2. The van der Waals surface area contributed by atoms with Crippen LogP contribution in [-0.2, 0) is 0 Å². The van der Waals surface area contributed by atoms with Gasteiger partial charge in [-0.05, 0) is 24.1 Å². The van der Waals surface area contributed by atoms with Crippen molar-refractivity contribution in [2.24, 2.45) is 0 Å². The fraction of sp³-hybridized carbons (Fsp3) is 0.176. The number of hydrogen-bond donors (Lipinski definition) is 1. The van der Waals surface area contributed by atoms with Crippen molar-refractivity contribution in [3.63, 3.8) is 0 Å². The molecular weight excluding hydrogens is 260 g/mol. The van der Waals surface area contributed by atoms with Crippen LogP contribution in [0.5, 0.6) is 0 Å². The second-order valence-corrected chi connectivity index (χ2v) is 4.88. The van der Waals surface area contributed by atoms with Gasteiger partial charge in [0, 0.05) is 0 Å². The van der Waals surface area contributed by atoms with Crippen molar-refractivity contribution in [2.75, 3.05) is 5.32 Å². The van der Waals surface area contributed by atoms with Gasteiger partial charge in [-0.3, -0.25) is 0 Å². The Morgan fingerprint density at radius 2 is 1.81 bits per heavy atom. The zero-order valence-electron chi connectivity index (χ0n) is 12.0. The molecule has 1 N–H and O–H groups in total. The van der Waals surface area contributed by atoms with E-state index in [9.17, 15) is 0 Å². The maximum absolute atomic E-state index is 4.08. The number of benzene rings is 2. The minimum absolute atomic E-state index is 0.274. The van der Waals surface area contributed by atoms with Crippen LogP contribution in [0.3, 0.4) is 0 Å². The van der Waals surface area contributed by atoms with Crippen molar-refractivity contribution in [1.29, 1.82) is 0 Å². The van der Waals surface area contributed by atoms with Gasteiger partial charge in [-0.2, -0.15) is 0 Å². The van der Waals surface area contributed by atoms with Gasteiger partial charge in [0.05, 0.1) is 29.8 Å². The Hall–Kier alpha value is -2.62. The van der Waals surface area contributed by atoms with Gasteiger partial charge in [0.25, 0.3) is 0 Å². The third-order valence-corrected chi connectivity index (χ3v) is 3.51. The van der Waals surface area contributed by atoms with Crippen LogP contribution in [0.1, 0.15) is 24.9 Å². The number of nitrogens with one attached hydrogen (secondary N) is 1. The first-order chi connectivity index (χ1) is 10.4. The molecule has 1 aromatic heterocycles. The molecule has 106 valence electrons. The summed E-state index contributed by atoms with van der Waals surface area (Å²) in [5.74, 6) is 0. The Kier molecular flexibility index (Phi) is 3.96. The summed E-state index contributed by atoms with van der Waals surface area (Å²) >= 11 is 0. The molecule has 4 heteroatoms. The molecule has 0 aliphatic rings. The van der Waals surface area contributed by atoms with Crippen LogP contribution in [-0.4, -0.2) is 15.0 Å². The number of anilines is 1. The first kappa shape index (κ1) is 13.4. The zero-order valence-corrected chi connectivity index (χ0v) is 12.0. The van der Waals surface area contributed by atoms with Crippen LogP contribution in [0.4, 0.5) is 5.69 Å². The fourth-order valence-electron chi connectivity index (χ4n) is 2.43. The highest BCUT2D eigenvalue weighted by molar-refractivity contribution is 5.61. The monoisotopic (exact) mass is 278 g/mol. The van der Waals surface area contributed by atoms with Crippen molar-refractivity contribution in [3.05, 3.63) is 72.6 Å². The van der Waals surface area contributed by atoms with Crippen molar-refractivity contribution in [1.82, 2.24) is 15.0 Å². The normalized spacial score (nSPS) is 12.0. The third kappa shape index (κ3) is 2.94. The molecule has 21 heavy (non-hydrogen) atoms. The summed E-state index contributed by atoms with van der Waals surface area (Å²) in [5.41, 5.74) is 3.34. The van der Waals surface area contributed by atoms with Gasteiger partial charge < -0.3 is 5.32 Å². The van der Waals surface area contributed by atoms with Gasteiger partial charge in [-0.1, -0.05) is 54.6 Å². The van der Waals surface area contributed by atoms with Crippen LogP contribution in [0.15, 0.2) is 67.0 Å². The lowest BCUT2D eigenvalue weighted by atomic mass is 10.0. The molecule has 3 rings (SSSR count). The largest absolute Gasteiger partial charge is 0.377 e. The molecule has 0 saturated carbocycles. The summed E-state index contributed by atoms with van der Waals surface area (Å²) in [4.78, 5) is 0. The van der Waals surface area contributed by atoms with E-state index in [-0.39, 0.29) is 6.04 Å². The van der Waals surface area contributed by atoms with Gasteiger partial charge >= 0.3 is 0 Å². The Morgan fingerprint density at radius 3 is 2.52 bits per heavy atom. The molecular formula is C17H18N4.